The van der Waals surface area contributed by atoms with E-state index in [9.17, 15) is 9.59 Å². The van der Waals surface area contributed by atoms with Crippen LogP contribution >= 0.6 is 0 Å². The maximum atomic E-state index is 12.7. The van der Waals surface area contributed by atoms with Gasteiger partial charge in [-0.1, -0.05) is 24.3 Å². The minimum absolute atomic E-state index is 0.0755. The molecule has 0 aliphatic carbocycles. The number of fused-ring (bicyclic) bond motifs is 1. The Balaban J connectivity index is 1.55. The molecule has 0 saturated carbocycles. The molecule has 8 nitrogen and oxygen atoms in total. The molecule has 4 rings (SSSR count). The fraction of sp³-hybridized carbons (Fsp3) is 0.207. The summed E-state index contributed by atoms with van der Waals surface area (Å²) in [6, 6.07) is 15.3. The molecule has 2 aromatic carbocycles. The Morgan fingerprint density at radius 1 is 1.08 bits per heavy atom. The van der Waals surface area contributed by atoms with Gasteiger partial charge in [0.2, 0.25) is 11.8 Å². The Hall–Kier alpha value is -4.59. The van der Waals surface area contributed by atoms with Crippen molar-refractivity contribution < 1.29 is 19.1 Å². The van der Waals surface area contributed by atoms with Gasteiger partial charge in [0.15, 0.2) is 11.5 Å². The minimum atomic E-state index is -0.233. The van der Waals surface area contributed by atoms with E-state index in [4.69, 9.17) is 9.47 Å². The fourth-order valence-electron chi connectivity index (χ4n) is 4.16. The normalized spacial score (nSPS) is 11.9. The highest BCUT2D eigenvalue weighted by Crippen LogP contribution is 2.32. The van der Waals surface area contributed by atoms with E-state index in [1.54, 1.807) is 26.5 Å². The van der Waals surface area contributed by atoms with Crippen LogP contribution in [0.3, 0.4) is 0 Å². The van der Waals surface area contributed by atoms with Gasteiger partial charge in [0, 0.05) is 42.9 Å². The number of benzene rings is 2. The van der Waals surface area contributed by atoms with Gasteiger partial charge in [-0.25, -0.2) is 4.98 Å². The third-order valence-electron chi connectivity index (χ3n) is 6.06. The topological polar surface area (TPSA) is 105 Å². The minimum Gasteiger partial charge on any atom is -0.493 e. The highest BCUT2D eigenvalue weighted by Gasteiger charge is 2.13. The summed E-state index contributed by atoms with van der Waals surface area (Å²) >= 11 is 0. The van der Waals surface area contributed by atoms with Gasteiger partial charge in [-0.15, -0.1) is 0 Å². The van der Waals surface area contributed by atoms with Crippen molar-refractivity contribution in [3.05, 3.63) is 83.7 Å². The van der Waals surface area contributed by atoms with Crippen LogP contribution in [-0.2, 0) is 16.1 Å². The van der Waals surface area contributed by atoms with Crippen LogP contribution in [0.5, 0.6) is 11.5 Å². The fourth-order valence-corrected chi connectivity index (χ4v) is 4.16. The molecule has 4 aromatic rings. The number of aromatic nitrogens is 2. The van der Waals surface area contributed by atoms with Crippen molar-refractivity contribution >= 4 is 28.9 Å². The SMILES string of the molecule is COc1ccc([C@@H](C)NC(=O)/C=C/c2c[nH]c3nccc(-c4cccc(CNC(C)=O)c4)c23)cc1OC. The first kappa shape index (κ1) is 25.5. The lowest BCUT2D eigenvalue weighted by Gasteiger charge is -2.15. The van der Waals surface area contributed by atoms with Crippen molar-refractivity contribution in [3.63, 3.8) is 0 Å². The van der Waals surface area contributed by atoms with Crippen molar-refractivity contribution in [2.45, 2.75) is 26.4 Å². The number of H-pyrrole nitrogens is 1. The maximum absolute atomic E-state index is 12.7. The van der Waals surface area contributed by atoms with E-state index in [1.807, 2.05) is 61.7 Å². The number of nitrogens with one attached hydrogen (secondary N) is 3. The van der Waals surface area contributed by atoms with Gasteiger partial charge in [-0.2, -0.15) is 0 Å². The number of hydrogen-bond donors (Lipinski definition) is 3. The van der Waals surface area contributed by atoms with Gasteiger partial charge in [-0.3, -0.25) is 9.59 Å². The smallest absolute Gasteiger partial charge is 0.244 e. The summed E-state index contributed by atoms with van der Waals surface area (Å²) < 4.78 is 10.7. The molecule has 1 atom stereocenters. The van der Waals surface area contributed by atoms with Crippen molar-refractivity contribution in [2.75, 3.05) is 14.2 Å². The van der Waals surface area contributed by atoms with Crippen LogP contribution in [0.15, 0.2) is 67.0 Å². The highest BCUT2D eigenvalue weighted by molar-refractivity contribution is 6.01. The molecule has 37 heavy (non-hydrogen) atoms. The summed E-state index contributed by atoms with van der Waals surface area (Å²) in [5.74, 6) is 0.943. The van der Waals surface area contributed by atoms with Crippen LogP contribution in [-0.4, -0.2) is 36.0 Å². The average molecular weight is 499 g/mol. The second kappa shape index (κ2) is 11.4. The molecule has 0 bridgehead atoms. The summed E-state index contributed by atoms with van der Waals surface area (Å²) in [6.07, 6.45) is 6.88. The van der Waals surface area contributed by atoms with Gasteiger partial charge >= 0.3 is 0 Å². The molecule has 0 spiro atoms. The number of hydrogen-bond acceptors (Lipinski definition) is 5. The van der Waals surface area contributed by atoms with Crippen molar-refractivity contribution in [1.29, 1.82) is 0 Å². The van der Waals surface area contributed by atoms with Gasteiger partial charge in [-0.05, 0) is 59.5 Å². The number of nitrogens with zero attached hydrogens (tertiary/aromatic N) is 1. The lowest BCUT2D eigenvalue weighted by Crippen LogP contribution is -2.24. The Kier molecular flexibility index (Phi) is 7.88. The number of carbonyl (C=O) groups excluding carboxylic acids is 2. The number of carbonyl (C=O) groups is 2. The summed E-state index contributed by atoms with van der Waals surface area (Å²) in [5, 5.41) is 6.73. The number of rotatable bonds is 9. The molecule has 2 heterocycles. The zero-order chi connectivity index (χ0) is 26.4. The Morgan fingerprint density at radius 2 is 1.89 bits per heavy atom. The number of aromatic amines is 1. The lowest BCUT2D eigenvalue weighted by atomic mass is 9.99. The molecular formula is C29H30N4O4. The second-order valence-electron chi connectivity index (χ2n) is 8.61. The van der Waals surface area contributed by atoms with E-state index in [0.29, 0.717) is 18.0 Å². The van der Waals surface area contributed by atoms with Gasteiger partial charge < -0.3 is 25.1 Å². The van der Waals surface area contributed by atoms with Gasteiger partial charge in [0.25, 0.3) is 0 Å². The van der Waals surface area contributed by atoms with E-state index in [2.05, 4.69) is 20.6 Å². The van der Waals surface area contributed by atoms with E-state index < -0.39 is 0 Å². The maximum Gasteiger partial charge on any atom is 0.244 e. The molecule has 2 aromatic heterocycles. The van der Waals surface area contributed by atoms with Crippen molar-refractivity contribution in [3.8, 4) is 22.6 Å². The zero-order valence-electron chi connectivity index (χ0n) is 21.3. The average Bonchev–Trinajstić information content (AvgIpc) is 3.33. The van der Waals surface area contributed by atoms with Gasteiger partial charge in [0.05, 0.1) is 20.3 Å². The highest BCUT2D eigenvalue weighted by atomic mass is 16.5. The van der Waals surface area contributed by atoms with Crippen LogP contribution in [0.25, 0.3) is 28.2 Å². The molecule has 3 N–H and O–H groups in total. The summed E-state index contributed by atoms with van der Waals surface area (Å²) in [6.45, 7) is 3.86. The summed E-state index contributed by atoms with van der Waals surface area (Å²) in [5.41, 5.74) is 5.44. The third kappa shape index (κ3) is 5.98. The third-order valence-corrected chi connectivity index (χ3v) is 6.06. The standard InChI is InChI=1S/C29H30N4O4/c1-18(21-8-10-25(36-3)26(15-21)37-4)33-27(35)11-9-23-17-32-29-28(23)24(12-13-30-29)22-7-5-6-20(14-22)16-31-19(2)34/h5-15,17-18H,16H2,1-4H3,(H,30,32)(H,31,34)(H,33,35)/b11-9+/t18-/m1/s1. The van der Waals surface area contributed by atoms with E-state index in [0.717, 1.165) is 38.9 Å². The number of methoxy groups -OCH3 is 2. The largest absolute Gasteiger partial charge is 0.493 e. The number of ether oxygens (including phenoxy) is 2. The quantitative estimate of drug-likeness (QED) is 0.288. The molecule has 0 unspecified atom stereocenters. The predicted octanol–water partition coefficient (Wildman–Crippen LogP) is 4.77. The monoisotopic (exact) mass is 498 g/mol. The first-order valence-electron chi connectivity index (χ1n) is 11.9. The molecule has 0 aliphatic rings. The van der Waals surface area contributed by atoms with Crippen LogP contribution in [0.1, 0.15) is 36.6 Å². The lowest BCUT2D eigenvalue weighted by molar-refractivity contribution is -0.119. The Morgan fingerprint density at radius 3 is 2.65 bits per heavy atom. The number of amides is 2. The predicted molar refractivity (Wildman–Crippen MR) is 144 cm³/mol. The molecule has 2 amide bonds. The summed E-state index contributed by atoms with van der Waals surface area (Å²) in [7, 11) is 3.17. The van der Waals surface area contributed by atoms with Crippen LogP contribution in [0.4, 0.5) is 0 Å². The van der Waals surface area contributed by atoms with Crippen LogP contribution in [0.2, 0.25) is 0 Å². The molecule has 0 fully saturated rings. The first-order valence-corrected chi connectivity index (χ1v) is 11.9. The number of pyridine rings is 1. The molecule has 0 aliphatic heterocycles. The van der Waals surface area contributed by atoms with Gasteiger partial charge in [0.1, 0.15) is 5.65 Å². The summed E-state index contributed by atoms with van der Waals surface area (Å²) in [4.78, 5) is 31.7. The Bertz CT molecular complexity index is 1460. The molecule has 0 radical (unpaired) electrons. The van der Waals surface area contributed by atoms with E-state index >= 15 is 0 Å². The van der Waals surface area contributed by atoms with Crippen molar-refractivity contribution in [1.82, 2.24) is 20.6 Å². The first-order chi connectivity index (χ1) is 17.9. The molecule has 8 heteroatoms. The van der Waals surface area contributed by atoms with E-state index in [-0.39, 0.29) is 17.9 Å². The van der Waals surface area contributed by atoms with Crippen molar-refractivity contribution in [2.24, 2.45) is 0 Å². The molecule has 0 saturated heterocycles. The van der Waals surface area contributed by atoms with Crippen LogP contribution in [0, 0.1) is 0 Å². The Labute approximate surface area is 215 Å². The zero-order valence-corrected chi connectivity index (χ0v) is 21.3. The van der Waals surface area contributed by atoms with Crippen LogP contribution < -0.4 is 20.1 Å². The molecule has 190 valence electrons. The second-order valence-corrected chi connectivity index (χ2v) is 8.61. The molecular weight excluding hydrogens is 468 g/mol. The van der Waals surface area contributed by atoms with E-state index in [1.165, 1.54) is 13.0 Å².